The number of hydrogen-bond donors (Lipinski definition) is 0. The van der Waals surface area contributed by atoms with E-state index in [4.69, 9.17) is 9.47 Å². The number of halogens is 15. The lowest BCUT2D eigenvalue weighted by molar-refractivity contribution is -0.178. The van der Waals surface area contributed by atoms with Gasteiger partial charge in [-0.15, -0.1) is 0 Å². The summed E-state index contributed by atoms with van der Waals surface area (Å²) in [5.41, 5.74) is -5.60. The standard InChI is InChI=1S/C44H43F15O2/c45-34-25-30(15-17-32(34)27-21-36(47)40(37(48)22-27)43(54,55)56)60-19-11-7-3-1-5-9-13-29(42(51,52)53)14-10-6-2-4-8-12-20-61-31-16-18-33(35(46)26-31)28-23-38(49)41(39(50)24-28)44(57,58)59/h15-18,21-26,29H,1-14,19-20H2. The third kappa shape index (κ3) is 14.8. The third-order valence-electron chi connectivity index (χ3n) is 10.0. The zero-order valence-electron chi connectivity index (χ0n) is 32.7. The molecule has 0 unspecified atom stereocenters. The van der Waals surface area contributed by atoms with Crippen LogP contribution in [0.3, 0.4) is 0 Å². The van der Waals surface area contributed by atoms with Gasteiger partial charge < -0.3 is 9.47 Å². The van der Waals surface area contributed by atoms with E-state index in [2.05, 4.69) is 0 Å². The second-order valence-electron chi connectivity index (χ2n) is 14.7. The van der Waals surface area contributed by atoms with E-state index in [1.165, 1.54) is 12.1 Å². The Kier molecular flexibility index (Phi) is 17.7. The van der Waals surface area contributed by atoms with E-state index in [-0.39, 0.29) is 48.7 Å². The van der Waals surface area contributed by atoms with E-state index < -0.39 is 81.6 Å². The Hall–Kier alpha value is -4.57. The molecule has 0 bridgehead atoms. The van der Waals surface area contributed by atoms with E-state index in [9.17, 15) is 65.9 Å². The Morgan fingerprint density at radius 1 is 0.377 bits per heavy atom. The van der Waals surface area contributed by atoms with E-state index in [0.29, 0.717) is 88.5 Å². The SMILES string of the molecule is Fc1cc(OCCCCCCCCC(CCCCCCCCOc2ccc(-c3cc(F)c(C(F)(F)F)c(F)c3)c(F)c2)C(F)(F)F)ccc1-c1cc(F)c(C(F)(F)F)c(F)c1. The smallest absolute Gasteiger partial charge is 0.422 e. The second-order valence-corrected chi connectivity index (χ2v) is 14.7. The zero-order valence-corrected chi connectivity index (χ0v) is 32.7. The van der Waals surface area contributed by atoms with Gasteiger partial charge in [-0.05, 0) is 85.3 Å². The highest BCUT2D eigenvalue weighted by Gasteiger charge is 2.40. The van der Waals surface area contributed by atoms with Crippen LogP contribution in [0, 0.1) is 40.8 Å². The van der Waals surface area contributed by atoms with Crippen molar-refractivity contribution in [2.24, 2.45) is 5.92 Å². The third-order valence-corrected chi connectivity index (χ3v) is 10.0. The first-order chi connectivity index (χ1) is 28.7. The number of unbranched alkanes of at least 4 members (excludes halogenated alkanes) is 10. The van der Waals surface area contributed by atoms with Crippen LogP contribution in [0.4, 0.5) is 65.9 Å². The number of hydrogen-bond acceptors (Lipinski definition) is 2. The molecule has 0 saturated carbocycles. The number of ether oxygens (including phenoxy) is 2. The predicted octanol–water partition coefficient (Wildman–Crippen LogP) is 16.0. The molecule has 0 spiro atoms. The molecule has 0 N–H and O–H groups in total. The summed E-state index contributed by atoms with van der Waals surface area (Å²) in [6.07, 6.45) is -7.28. The fourth-order valence-electron chi connectivity index (χ4n) is 6.89. The van der Waals surface area contributed by atoms with E-state index in [1.54, 1.807) is 0 Å². The molecule has 17 heteroatoms. The summed E-state index contributed by atoms with van der Waals surface area (Å²) in [6.45, 7) is 0.383. The summed E-state index contributed by atoms with van der Waals surface area (Å²) in [4.78, 5) is 0. The van der Waals surface area contributed by atoms with Gasteiger partial charge in [-0.1, -0.05) is 64.2 Å². The maximum Gasteiger partial charge on any atom is 0.422 e. The van der Waals surface area contributed by atoms with Gasteiger partial charge in [0.25, 0.3) is 0 Å². The Morgan fingerprint density at radius 3 is 0.984 bits per heavy atom. The van der Waals surface area contributed by atoms with Crippen LogP contribution < -0.4 is 9.47 Å². The number of rotatable bonds is 22. The lowest BCUT2D eigenvalue weighted by atomic mass is 9.93. The lowest BCUT2D eigenvalue weighted by Crippen LogP contribution is -2.22. The summed E-state index contributed by atoms with van der Waals surface area (Å²) < 4.78 is 214. The van der Waals surface area contributed by atoms with Crippen molar-refractivity contribution >= 4 is 0 Å². The van der Waals surface area contributed by atoms with Crippen LogP contribution in [-0.4, -0.2) is 19.4 Å². The highest BCUT2D eigenvalue weighted by Crippen LogP contribution is 2.39. The minimum atomic E-state index is -5.26. The van der Waals surface area contributed by atoms with Crippen LogP contribution in [0.2, 0.25) is 0 Å². The van der Waals surface area contributed by atoms with Gasteiger partial charge in [0.05, 0.1) is 19.1 Å². The van der Waals surface area contributed by atoms with Crippen LogP contribution in [-0.2, 0) is 12.4 Å². The van der Waals surface area contributed by atoms with E-state index in [0.717, 1.165) is 37.1 Å². The number of benzene rings is 4. The molecule has 336 valence electrons. The Labute approximate surface area is 343 Å². The molecule has 0 aliphatic carbocycles. The van der Waals surface area contributed by atoms with Gasteiger partial charge in [-0.3, -0.25) is 0 Å². The first-order valence-electron chi connectivity index (χ1n) is 19.7. The maximum absolute atomic E-state index is 14.6. The number of alkyl halides is 9. The monoisotopic (exact) mass is 888 g/mol. The van der Waals surface area contributed by atoms with Gasteiger partial charge in [0.1, 0.15) is 57.5 Å². The molecule has 2 nitrogen and oxygen atoms in total. The molecule has 0 aliphatic rings. The van der Waals surface area contributed by atoms with Gasteiger partial charge in [0, 0.05) is 23.3 Å². The Morgan fingerprint density at radius 2 is 0.689 bits per heavy atom. The molecule has 0 aromatic heterocycles. The topological polar surface area (TPSA) is 18.5 Å². The molecular weight excluding hydrogens is 845 g/mol. The molecule has 4 rings (SSSR count). The van der Waals surface area contributed by atoms with Crippen molar-refractivity contribution in [2.75, 3.05) is 13.2 Å². The van der Waals surface area contributed by atoms with Crippen molar-refractivity contribution in [3.8, 4) is 33.8 Å². The quantitative estimate of drug-likeness (QED) is 0.0578. The lowest BCUT2D eigenvalue weighted by Gasteiger charge is -2.20. The summed E-state index contributed by atoms with van der Waals surface area (Å²) in [7, 11) is 0. The van der Waals surface area contributed by atoms with Crippen molar-refractivity contribution in [1.82, 2.24) is 0 Å². The average Bonchev–Trinajstić information content (AvgIpc) is 3.13. The van der Waals surface area contributed by atoms with Crippen LogP contribution in [0.25, 0.3) is 22.3 Å². The highest BCUT2D eigenvalue weighted by molar-refractivity contribution is 5.67. The van der Waals surface area contributed by atoms with Crippen LogP contribution >= 0.6 is 0 Å². The maximum atomic E-state index is 14.6. The van der Waals surface area contributed by atoms with Crippen molar-refractivity contribution in [3.05, 3.63) is 107 Å². The molecule has 0 saturated heterocycles. The van der Waals surface area contributed by atoms with E-state index >= 15 is 0 Å². The molecule has 0 aliphatic heterocycles. The predicted molar refractivity (Wildman–Crippen MR) is 199 cm³/mol. The Bertz CT molecular complexity index is 1840. The molecule has 0 heterocycles. The molecule has 4 aromatic rings. The van der Waals surface area contributed by atoms with E-state index in [1.807, 2.05) is 0 Å². The van der Waals surface area contributed by atoms with Crippen molar-refractivity contribution < 1.29 is 75.3 Å². The minimum Gasteiger partial charge on any atom is -0.493 e. The van der Waals surface area contributed by atoms with Crippen LogP contribution in [0.5, 0.6) is 11.5 Å². The highest BCUT2D eigenvalue weighted by atomic mass is 19.4. The normalized spacial score (nSPS) is 12.4. The molecular formula is C44H43F15O2. The van der Waals surface area contributed by atoms with Crippen molar-refractivity contribution in [3.63, 3.8) is 0 Å². The van der Waals surface area contributed by atoms with Gasteiger partial charge in [0.2, 0.25) is 0 Å². The minimum absolute atomic E-state index is 0.0248. The first-order valence-corrected chi connectivity index (χ1v) is 19.7. The van der Waals surface area contributed by atoms with Gasteiger partial charge in [-0.2, -0.15) is 39.5 Å². The zero-order chi connectivity index (χ0) is 45.0. The molecule has 0 atom stereocenters. The molecule has 4 aromatic carbocycles. The first kappa shape index (κ1) is 49.1. The summed E-state index contributed by atoms with van der Waals surface area (Å²) >= 11 is 0. The van der Waals surface area contributed by atoms with Gasteiger partial charge >= 0.3 is 18.5 Å². The fraction of sp³-hybridized carbons (Fsp3) is 0.455. The molecule has 0 amide bonds. The fourth-order valence-corrected chi connectivity index (χ4v) is 6.89. The van der Waals surface area contributed by atoms with Crippen molar-refractivity contribution in [1.29, 1.82) is 0 Å². The van der Waals surface area contributed by atoms with Crippen LogP contribution in [0.1, 0.15) is 101 Å². The summed E-state index contributed by atoms with van der Waals surface area (Å²) in [6, 6.07) is 8.42. The second kappa shape index (κ2) is 22.0. The summed E-state index contributed by atoms with van der Waals surface area (Å²) in [5, 5.41) is 0. The molecule has 0 fully saturated rings. The average molecular weight is 889 g/mol. The van der Waals surface area contributed by atoms with Crippen molar-refractivity contribution in [2.45, 2.75) is 108 Å². The molecule has 61 heavy (non-hydrogen) atoms. The summed E-state index contributed by atoms with van der Waals surface area (Å²) in [5.74, 6) is -10.6. The molecule has 0 radical (unpaired) electrons. The Balaban J connectivity index is 1.04. The van der Waals surface area contributed by atoms with Gasteiger partial charge in [0.15, 0.2) is 0 Å². The van der Waals surface area contributed by atoms with Crippen LogP contribution in [0.15, 0.2) is 60.7 Å². The largest absolute Gasteiger partial charge is 0.493 e. The van der Waals surface area contributed by atoms with Gasteiger partial charge in [-0.25, -0.2) is 26.3 Å².